The van der Waals surface area contributed by atoms with Gasteiger partial charge in [-0.25, -0.2) is 9.48 Å². The minimum absolute atomic E-state index is 0.0741. The maximum atomic E-state index is 12.0. The minimum Gasteiger partial charge on any atom is -0.345 e. The number of nitrogens with one attached hydrogen (secondary N) is 2. The van der Waals surface area contributed by atoms with Gasteiger partial charge in [0.2, 0.25) is 0 Å². The van der Waals surface area contributed by atoms with E-state index in [1.165, 1.54) is 4.90 Å². The number of hydrogen-bond acceptors (Lipinski definition) is 4. The monoisotopic (exact) mass is 332 g/mol. The molecular formula is C16H24N6O2. The van der Waals surface area contributed by atoms with E-state index in [1.807, 2.05) is 19.9 Å². The van der Waals surface area contributed by atoms with Crippen molar-refractivity contribution in [2.75, 3.05) is 27.2 Å². The van der Waals surface area contributed by atoms with Crippen LogP contribution in [0, 0.1) is 5.92 Å². The second-order valence-electron chi connectivity index (χ2n) is 6.25. The third kappa shape index (κ3) is 4.43. The van der Waals surface area contributed by atoms with Gasteiger partial charge in [0, 0.05) is 32.7 Å². The van der Waals surface area contributed by atoms with Crippen molar-refractivity contribution in [2.45, 2.75) is 20.4 Å². The number of carbonyl (C=O) groups excluding carboxylic acids is 2. The summed E-state index contributed by atoms with van der Waals surface area (Å²) in [7, 11) is 3.42. The van der Waals surface area contributed by atoms with Crippen LogP contribution in [0.4, 0.5) is 4.79 Å². The summed E-state index contributed by atoms with van der Waals surface area (Å²) in [6.07, 6.45) is 0. The molecule has 8 heteroatoms. The van der Waals surface area contributed by atoms with E-state index in [9.17, 15) is 9.59 Å². The third-order valence-corrected chi connectivity index (χ3v) is 3.45. The van der Waals surface area contributed by atoms with Crippen LogP contribution in [0.25, 0.3) is 11.0 Å². The second kappa shape index (κ2) is 7.76. The summed E-state index contributed by atoms with van der Waals surface area (Å²) in [6.45, 7) is 5.67. The van der Waals surface area contributed by atoms with E-state index in [2.05, 4.69) is 20.9 Å². The lowest BCUT2D eigenvalue weighted by Crippen LogP contribution is -2.38. The zero-order chi connectivity index (χ0) is 17.7. The Morgan fingerprint density at radius 2 is 2.00 bits per heavy atom. The number of rotatable bonds is 6. The number of aromatic nitrogens is 3. The van der Waals surface area contributed by atoms with Crippen molar-refractivity contribution in [1.82, 2.24) is 30.5 Å². The fourth-order valence-corrected chi connectivity index (χ4v) is 2.16. The average molecular weight is 332 g/mol. The average Bonchev–Trinajstić information content (AvgIpc) is 2.94. The van der Waals surface area contributed by atoms with Crippen LogP contribution in [0.3, 0.4) is 0 Å². The molecule has 0 fully saturated rings. The Bertz CT molecular complexity index is 722. The lowest BCUT2D eigenvalue weighted by Gasteiger charge is -2.10. The summed E-state index contributed by atoms with van der Waals surface area (Å²) in [5.74, 6) is 0.337. The molecule has 0 aliphatic carbocycles. The highest BCUT2D eigenvalue weighted by molar-refractivity contribution is 5.97. The second-order valence-corrected chi connectivity index (χ2v) is 6.25. The van der Waals surface area contributed by atoms with Crippen molar-refractivity contribution in [3.8, 4) is 0 Å². The highest BCUT2D eigenvalue weighted by Gasteiger charge is 2.11. The molecule has 1 heterocycles. The van der Waals surface area contributed by atoms with E-state index in [-0.39, 0.29) is 11.9 Å². The normalized spacial score (nSPS) is 10.9. The molecule has 1 aromatic carbocycles. The smallest absolute Gasteiger partial charge is 0.314 e. The minimum atomic E-state index is -0.188. The molecule has 130 valence electrons. The standard InChI is InChI=1S/C16H24N6O2/c1-11(2)10-18-16(24)17-7-8-22-14-6-5-12(15(23)21(3)4)9-13(14)19-20-22/h5-6,9,11H,7-8,10H2,1-4H3,(H2,17,18,24). The first-order chi connectivity index (χ1) is 11.4. The predicted octanol–water partition coefficient (Wildman–Crippen LogP) is 1.09. The van der Waals surface area contributed by atoms with Crippen molar-refractivity contribution in [2.24, 2.45) is 5.92 Å². The summed E-state index contributed by atoms with van der Waals surface area (Å²) in [5.41, 5.74) is 2.06. The largest absolute Gasteiger partial charge is 0.345 e. The van der Waals surface area contributed by atoms with Crippen LogP contribution < -0.4 is 10.6 Å². The summed E-state index contributed by atoms with van der Waals surface area (Å²) in [6, 6.07) is 5.12. The van der Waals surface area contributed by atoms with E-state index in [1.54, 1.807) is 30.9 Å². The lowest BCUT2D eigenvalue weighted by molar-refractivity contribution is 0.0827. The predicted molar refractivity (Wildman–Crippen MR) is 91.8 cm³/mol. The van der Waals surface area contributed by atoms with Gasteiger partial charge in [0.25, 0.3) is 5.91 Å². The molecule has 0 atom stereocenters. The first-order valence-electron chi connectivity index (χ1n) is 7.95. The Labute approximate surface area is 141 Å². The van der Waals surface area contributed by atoms with E-state index in [4.69, 9.17) is 0 Å². The quantitative estimate of drug-likeness (QED) is 0.828. The van der Waals surface area contributed by atoms with Crippen LogP contribution in [-0.4, -0.2) is 59.0 Å². The Kier molecular flexibility index (Phi) is 5.73. The Balaban J connectivity index is 1.96. The van der Waals surface area contributed by atoms with Gasteiger partial charge in [0.05, 0.1) is 12.1 Å². The fraction of sp³-hybridized carbons (Fsp3) is 0.500. The van der Waals surface area contributed by atoms with Gasteiger partial charge < -0.3 is 15.5 Å². The maximum Gasteiger partial charge on any atom is 0.314 e. The fourth-order valence-electron chi connectivity index (χ4n) is 2.16. The molecule has 0 saturated carbocycles. The molecule has 1 aromatic heterocycles. The highest BCUT2D eigenvalue weighted by atomic mass is 16.2. The van der Waals surface area contributed by atoms with Crippen molar-refractivity contribution in [1.29, 1.82) is 0 Å². The van der Waals surface area contributed by atoms with Crippen molar-refractivity contribution < 1.29 is 9.59 Å². The van der Waals surface area contributed by atoms with Crippen molar-refractivity contribution in [3.05, 3.63) is 23.8 Å². The Morgan fingerprint density at radius 1 is 1.25 bits per heavy atom. The van der Waals surface area contributed by atoms with Gasteiger partial charge >= 0.3 is 6.03 Å². The Hall–Kier alpha value is -2.64. The van der Waals surface area contributed by atoms with Gasteiger partial charge in [-0.1, -0.05) is 19.1 Å². The first-order valence-corrected chi connectivity index (χ1v) is 7.95. The van der Waals surface area contributed by atoms with Crippen LogP contribution in [0.15, 0.2) is 18.2 Å². The molecular weight excluding hydrogens is 308 g/mol. The molecule has 3 amide bonds. The molecule has 0 saturated heterocycles. The summed E-state index contributed by atoms with van der Waals surface area (Å²) in [4.78, 5) is 25.1. The van der Waals surface area contributed by atoms with Gasteiger partial charge in [-0.15, -0.1) is 5.10 Å². The number of hydrogen-bond donors (Lipinski definition) is 2. The van der Waals surface area contributed by atoms with Gasteiger partial charge in [0.1, 0.15) is 5.52 Å². The first kappa shape index (κ1) is 17.7. The molecule has 2 aromatic rings. The molecule has 0 aliphatic heterocycles. The molecule has 0 spiro atoms. The zero-order valence-corrected chi connectivity index (χ0v) is 14.5. The third-order valence-electron chi connectivity index (χ3n) is 3.45. The molecule has 0 unspecified atom stereocenters. The lowest BCUT2D eigenvalue weighted by atomic mass is 10.2. The molecule has 0 aliphatic rings. The number of carbonyl (C=O) groups is 2. The Morgan fingerprint density at radius 3 is 2.67 bits per heavy atom. The number of urea groups is 1. The van der Waals surface area contributed by atoms with Gasteiger partial charge in [0.15, 0.2) is 0 Å². The van der Waals surface area contributed by atoms with E-state index >= 15 is 0 Å². The summed E-state index contributed by atoms with van der Waals surface area (Å²) >= 11 is 0. The summed E-state index contributed by atoms with van der Waals surface area (Å²) in [5, 5.41) is 13.8. The SMILES string of the molecule is CC(C)CNC(=O)NCCn1nnc2cc(C(=O)N(C)C)ccc21. The van der Waals surface area contributed by atoms with Crippen LogP contribution in [0.1, 0.15) is 24.2 Å². The number of nitrogens with zero attached hydrogens (tertiary/aromatic N) is 4. The maximum absolute atomic E-state index is 12.0. The van der Waals surface area contributed by atoms with Crippen molar-refractivity contribution >= 4 is 23.0 Å². The topological polar surface area (TPSA) is 92.1 Å². The van der Waals surface area contributed by atoms with Crippen molar-refractivity contribution in [3.63, 3.8) is 0 Å². The molecule has 2 N–H and O–H groups in total. The van der Waals surface area contributed by atoms with E-state index in [0.717, 1.165) is 5.52 Å². The number of amides is 3. The van der Waals surface area contributed by atoms with Crippen LogP contribution >= 0.6 is 0 Å². The van der Waals surface area contributed by atoms with Crippen LogP contribution in [-0.2, 0) is 6.54 Å². The zero-order valence-electron chi connectivity index (χ0n) is 14.5. The van der Waals surface area contributed by atoms with Crippen LogP contribution in [0.2, 0.25) is 0 Å². The number of benzene rings is 1. The molecule has 2 rings (SSSR count). The van der Waals surface area contributed by atoms with Crippen LogP contribution in [0.5, 0.6) is 0 Å². The summed E-state index contributed by atoms with van der Waals surface area (Å²) < 4.78 is 1.71. The molecule has 24 heavy (non-hydrogen) atoms. The van der Waals surface area contributed by atoms with E-state index < -0.39 is 0 Å². The van der Waals surface area contributed by atoms with Gasteiger partial charge in [-0.2, -0.15) is 0 Å². The highest BCUT2D eigenvalue weighted by Crippen LogP contribution is 2.14. The molecule has 0 bridgehead atoms. The van der Waals surface area contributed by atoms with Gasteiger partial charge in [-0.3, -0.25) is 4.79 Å². The number of fused-ring (bicyclic) bond motifs is 1. The van der Waals surface area contributed by atoms with Gasteiger partial charge in [-0.05, 0) is 24.1 Å². The molecule has 0 radical (unpaired) electrons. The molecule has 8 nitrogen and oxygen atoms in total. The van der Waals surface area contributed by atoms with E-state index in [0.29, 0.717) is 36.6 Å².